The van der Waals surface area contributed by atoms with Gasteiger partial charge in [0.05, 0.1) is 24.8 Å². The molecule has 1 N–H and O–H groups in total. The summed E-state index contributed by atoms with van der Waals surface area (Å²) in [4.78, 5) is 16.2. The number of nitrogens with one attached hydrogen (secondary N) is 1. The van der Waals surface area contributed by atoms with Crippen molar-refractivity contribution in [2.45, 2.75) is 18.6 Å². The second-order valence-corrected chi connectivity index (χ2v) is 5.60. The van der Waals surface area contributed by atoms with Crippen LogP contribution in [0.25, 0.3) is 0 Å². The van der Waals surface area contributed by atoms with E-state index in [1.165, 1.54) is 30.5 Å². The Labute approximate surface area is 144 Å². The number of rotatable bonds is 4. The monoisotopic (exact) mass is 341 g/mol. The number of carbonyl (C=O) groups excluding carboxylic acids is 1. The Hall–Kier alpha value is -2.98. The van der Waals surface area contributed by atoms with Crippen LogP contribution < -0.4 is 10.1 Å². The van der Waals surface area contributed by atoms with Crippen molar-refractivity contribution in [3.63, 3.8) is 0 Å². The maximum atomic E-state index is 13.3. The lowest BCUT2D eigenvalue weighted by Crippen LogP contribution is -2.51. The van der Waals surface area contributed by atoms with Gasteiger partial charge >= 0.3 is 0 Å². The molecule has 1 aromatic carbocycles. The summed E-state index contributed by atoms with van der Waals surface area (Å²) in [7, 11) is 0. The van der Waals surface area contributed by atoms with Crippen molar-refractivity contribution >= 4 is 5.91 Å². The topological polar surface area (TPSA) is 84.2 Å². The molecule has 7 heteroatoms. The van der Waals surface area contributed by atoms with Crippen LogP contribution in [0.2, 0.25) is 0 Å². The van der Waals surface area contributed by atoms with Gasteiger partial charge in [0.2, 0.25) is 0 Å². The van der Waals surface area contributed by atoms with Gasteiger partial charge in [-0.05, 0) is 24.3 Å². The summed E-state index contributed by atoms with van der Waals surface area (Å²) in [5.41, 5.74) is 0.582. The van der Waals surface area contributed by atoms with Crippen molar-refractivity contribution in [3.8, 4) is 11.8 Å². The standard InChI is InChI=1S/C18H16FN3O3/c19-13-2-1-3-15(8-13)25-17-6-7-24-11-16(17)22-18(23)12-4-5-14(9-20)21-10-12/h1-5,8,10,16-17H,6-7,11H2,(H,22,23)/t16-,17+/m1/s1. The Morgan fingerprint density at radius 1 is 1.40 bits per heavy atom. The molecular formula is C18H16FN3O3. The van der Waals surface area contributed by atoms with Gasteiger partial charge in [-0.15, -0.1) is 0 Å². The van der Waals surface area contributed by atoms with Gasteiger partial charge in [-0.2, -0.15) is 5.26 Å². The van der Waals surface area contributed by atoms with Gasteiger partial charge in [-0.25, -0.2) is 9.37 Å². The lowest BCUT2D eigenvalue weighted by atomic mass is 10.1. The lowest BCUT2D eigenvalue weighted by Gasteiger charge is -2.32. The maximum Gasteiger partial charge on any atom is 0.253 e. The number of hydrogen-bond acceptors (Lipinski definition) is 5. The van der Waals surface area contributed by atoms with E-state index in [2.05, 4.69) is 10.3 Å². The summed E-state index contributed by atoms with van der Waals surface area (Å²) in [6.07, 6.45) is 1.60. The third-order valence-electron chi connectivity index (χ3n) is 3.83. The number of halogens is 1. The molecule has 1 fully saturated rings. The number of carbonyl (C=O) groups is 1. The predicted octanol–water partition coefficient (Wildman–Crippen LogP) is 2.06. The maximum absolute atomic E-state index is 13.3. The van der Waals surface area contributed by atoms with E-state index in [4.69, 9.17) is 14.7 Å². The van der Waals surface area contributed by atoms with E-state index in [1.54, 1.807) is 12.1 Å². The first kappa shape index (κ1) is 16.9. The molecule has 128 valence electrons. The van der Waals surface area contributed by atoms with E-state index in [-0.39, 0.29) is 29.6 Å². The van der Waals surface area contributed by atoms with Crippen LogP contribution in [0.15, 0.2) is 42.6 Å². The molecule has 3 rings (SSSR count). The van der Waals surface area contributed by atoms with Gasteiger partial charge in [-0.1, -0.05) is 6.07 Å². The molecule has 0 saturated carbocycles. The van der Waals surface area contributed by atoms with Gasteiger partial charge in [0.15, 0.2) is 0 Å². The van der Waals surface area contributed by atoms with E-state index in [1.807, 2.05) is 6.07 Å². The minimum atomic E-state index is -0.381. The zero-order valence-corrected chi connectivity index (χ0v) is 13.3. The highest BCUT2D eigenvalue weighted by Crippen LogP contribution is 2.19. The first-order valence-corrected chi connectivity index (χ1v) is 7.82. The summed E-state index contributed by atoms with van der Waals surface area (Å²) in [6.45, 7) is 0.806. The normalized spacial score (nSPS) is 19.7. The Morgan fingerprint density at radius 3 is 3.00 bits per heavy atom. The Bertz CT molecular complexity index is 789. The molecule has 2 atom stereocenters. The highest BCUT2D eigenvalue weighted by Gasteiger charge is 2.29. The van der Waals surface area contributed by atoms with E-state index in [0.717, 1.165) is 0 Å². The number of pyridine rings is 1. The molecule has 0 radical (unpaired) electrons. The molecule has 1 aromatic heterocycles. The number of hydrogen-bond donors (Lipinski definition) is 1. The molecule has 0 unspecified atom stereocenters. The Kier molecular flexibility index (Phi) is 5.21. The molecule has 1 aliphatic rings. The third kappa shape index (κ3) is 4.31. The van der Waals surface area contributed by atoms with Gasteiger partial charge in [0.1, 0.15) is 29.4 Å². The molecule has 1 saturated heterocycles. The highest BCUT2D eigenvalue weighted by molar-refractivity contribution is 5.94. The van der Waals surface area contributed by atoms with Crippen LogP contribution in [-0.4, -0.2) is 36.3 Å². The summed E-state index contributed by atoms with van der Waals surface area (Å²) >= 11 is 0. The van der Waals surface area contributed by atoms with Crippen LogP contribution in [0.3, 0.4) is 0 Å². The number of benzene rings is 1. The van der Waals surface area contributed by atoms with E-state index in [0.29, 0.717) is 30.9 Å². The zero-order chi connectivity index (χ0) is 17.6. The van der Waals surface area contributed by atoms with Crippen molar-refractivity contribution in [2.24, 2.45) is 0 Å². The average molecular weight is 341 g/mol. The summed E-state index contributed by atoms with van der Waals surface area (Å²) in [5, 5.41) is 11.6. The molecule has 0 aliphatic carbocycles. The predicted molar refractivity (Wildman–Crippen MR) is 86.5 cm³/mol. The van der Waals surface area contributed by atoms with Crippen LogP contribution in [0.4, 0.5) is 4.39 Å². The molecule has 2 aromatic rings. The molecule has 1 amide bonds. The second kappa shape index (κ2) is 7.73. The van der Waals surface area contributed by atoms with Gasteiger partial charge in [-0.3, -0.25) is 4.79 Å². The van der Waals surface area contributed by atoms with Crippen molar-refractivity contribution in [1.82, 2.24) is 10.3 Å². The van der Waals surface area contributed by atoms with Crippen LogP contribution in [-0.2, 0) is 4.74 Å². The van der Waals surface area contributed by atoms with E-state index >= 15 is 0 Å². The largest absolute Gasteiger partial charge is 0.488 e. The third-order valence-corrected chi connectivity index (χ3v) is 3.83. The summed E-state index contributed by atoms with van der Waals surface area (Å²) < 4.78 is 24.6. The summed E-state index contributed by atoms with van der Waals surface area (Å²) in [5.74, 6) is -0.305. The fourth-order valence-electron chi connectivity index (χ4n) is 2.56. The van der Waals surface area contributed by atoms with Gasteiger partial charge in [0, 0.05) is 18.7 Å². The molecule has 1 aliphatic heterocycles. The number of nitriles is 1. The SMILES string of the molecule is N#Cc1ccc(C(=O)N[C@@H]2COCC[C@@H]2Oc2cccc(F)c2)cn1. The minimum Gasteiger partial charge on any atom is -0.488 e. The number of aromatic nitrogens is 1. The zero-order valence-electron chi connectivity index (χ0n) is 13.3. The minimum absolute atomic E-state index is 0.241. The Morgan fingerprint density at radius 2 is 2.28 bits per heavy atom. The van der Waals surface area contributed by atoms with Crippen LogP contribution in [0, 0.1) is 17.1 Å². The van der Waals surface area contributed by atoms with Crippen molar-refractivity contribution in [1.29, 1.82) is 5.26 Å². The number of amides is 1. The Balaban J connectivity index is 1.68. The van der Waals surface area contributed by atoms with E-state index in [9.17, 15) is 9.18 Å². The van der Waals surface area contributed by atoms with Crippen molar-refractivity contribution in [3.05, 3.63) is 59.7 Å². The number of ether oxygens (including phenoxy) is 2. The van der Waals surface area contributed by atoms with E-state index < -0.39 is 0 Å². The summed E-state index contributed by atoms with van der Waals surface area (Å²) in [6, 6.07) is 10.4. The fraction of sp³-hybridized carbons (Fsp3) is 0.278. The molecule has 25 heavy (non-hydrogen) atoms. The van der Waals surface area contributed by atoms with Crippen molar-refractivity contribution in [2.75, 3.05) is 13.2 Å². The van der Waals surface area contributed by atoms with Gasteiger partial charge in [0.25, 0.3) is 5.91 Å². The smallest absolute Gasteiger partial charge is 0.253 e. The fourth-order valence-corrected chi connectivity index (χ4v) is 2.56. The molecule has 0 spiro atoms. The first-order chi connectivity index (χ1) is 12.2. The van der Waals surface area contributed by atoms with Crippen LogP contribution in [0.5, 0.6) is 5.75 Å². The first-order valence-electron chi connectivity index (χ1n) is 7.82. The van der Waals surface area contributed by atoms with Crippen LogP contribution >= 0.6 is 0 Å². The molecule has 6 nitrogen and oxygen atoms in total. The molecular weight excluding hydrogens is 325 g/mol. The highest BCUT2D eigenvalue weighted by atomic mass is 19.1. The number of nitrogens with zero attached hydrogens (tertiary/aromatic N) is 2. The second-order valence-electron chi connectivity index (χ2n) is 5.60. The quantitative estimate of drug-likeness (QED) is 0.920. The molecule has 0 bridgehead atoms. The molecule has 2 heterocycles. The van der Waals surface area contributed by atoms with Crippen LogP contribution in [0.1, 0.15) is 22.5 Å². The lowest BCUT2D eigenvalue weighted by molar-refractivity contribution is -0.00298. The van der Waals surface area contributed by atoms with Gasteiger partial charge < -0.3 is 14.8 Å². The average Bonchev–Trinajstić information content (AvgIpc) is 2.63. The van der Waals surface area contributed by atoms with Crippen molar-refractivity contribution < 1.29 is 18.7 Å².